The van der Waals surface area contributed by atoms with Gasteiger partial charge < -0.3 is 10.2 Å². The molecule has 1 saturated heterocycles. The molecule has 0 radical (unpaired) electrons. The van der Waals surface area contributed by atoms with Gasteiger partial charge in [0, 0.05) is 32.0 Å². The average molecular weight is 330 g/mol. The summed E-state index contributed by atoms with van der Waals surface area (Å²) in [4.78, 5) is 26.1. The van der Waals surface area contributed by atoms with Crippen molar-refractivity contribution in [2.75, 3.05) is 13.1 Å². The first kappa shape index (κ1) is 18.5. The monoisotopic (exact) mass is 330 g/mol. The van der Waals surface area contributed by atoms with Gasteiger partial charge in [0.2, 0.25) is 11.8 Å². The van der Waals surface area contributed by atoms with Crippen LogP contribution in [0.1, 0.15) is 56.6 Å². The Labute approximate surface area is 145 Å². The quantitative estimate of drug-likeness (QED) is 0.834. The molecule has 0 aliphatic carbocycles. The SMILES string of the molecule is CCCCC(=O)N1CCC(NC(=O)CCc2ccccc2C)CC1. The first-order valence-electron chi connectivity index (χ1n) is 9.21. The molecule has 132 valence electrons. The van der Waals surface area contributed by atoms with E-state index in [0.29, 0.717) is 12.8 Å². The topological polar surface area (TPSA) is 49.4 Å². The predicted octanol–water partition coefficient (Wildman–Crippen LogP) is 3.23. The highest BCUT2D eigenvalue weighted by molar-refractivity contribution is 5.77. The van der Waals surface area contributed by atoms with Crippen molar-refractivity contribution in [2.24, 2.45) is 0 Å². The van der Waals surface area contributed by atoms with E-state index in [2.05, 4.69) is 31.3 Å². The Morgan fingerprint density at radius 2 is 1.88 bits per heavy atom. The molecule has 0 atom stereocenters. The van der Waals surface area contributed by atoms with Gasteiger partial charge >= 0.3 is 0 Å². The number of carbonyl (C=O) groups is 2. The molecular weight excluding hydrogens is 300 g/mol. The van der Waals surface area contributed by atoms with E-state index in [1.807, 2.05) is 17.0 Å². The van der Waals surface area contributed by atoms with Gasteiger partial charge in [-0.15, -0.1) is 0 Å². The summed E-state index contributed by atoms with van der Waals surface area (Å²) in [6, 6.07) is 8.42. The van der Waals surface area contributed by atoms with Crippen LogP contribution in [-0.2, 0) is 16.0 Å². The molecule has 1 aliphatic heterocycles. The van der Waals surface area contributed by atoms with Gasteiger partial charge in [-0.2, -0.15) is 0 Å². The number of likely N-dealkylation sites (tertiary alicyclic amines) is 1. The molecular formula is C20H30N2O2. The van der Waals surface area contributed by atoms with Crippen molar-refractivity contribution in [3.63, 3.8) is 0 Å². The molecule has 0 aromatic heterocycles. The fourth-order valence-electron chi connectivity index (χ4n) is 3.20. The number of benzene rings is 1. The summed E-state index contributed by atoms with van der Waals surface area (Å²) < 4.78 is 0. The maximum absolute atomic E-state index is 12.2. The molecule has 4 nitrogen and oxygen atoms in total. The van der Waals surface area contributed by atoms with E-state index in [-0.39, 0.29) is 17.9 Å². The Hall–Kier alpha value is -1.84. The van der Waals surface area contributed by atoms with Crippen molar-refractivity contribution in [1.82, 2.24) is 10.2 Å². The van der Waals surface area contributed by atoms with Crippen LogP contribution in [0.2, 0.25) is 0 Å². The van der Waals surface area contributed by atoms with E-state index in [0.717, 1.165) is 45.2 Å². The first-order chi connectivity index (χ1) is 11.6. The van der Waals surface area contributed by atoms with Gasteiger partial charge in [-0.3, -0.25) is 9.59 Å². The highest BCUT2D eigenvalue weighted by Crippen LogP contribution is 2.14. The second-order valence-corrected chi connectivity index (χ2v) is 6.75. The Bertz CT molecular complexity index is 548. The second-order valence-electron chi connectivity index (χ2n) is 6.75. The number of carbonyl (C=O) groups excluding carboxylic acids is 2. The molecule has 0 bridgehead atoms. The van der Waals surface area contributed by atoms with Crippen LogP contribution in [-0.4, -0.2) is 35.8 Å². The third kappa shape index (κ3) is 5.66. The Morgan fingerprint density at radius 3 is 2.54 bits per heavy atom. The van der Waals surface area contributed by atoms with Gasteiger partial charge in [-0.05, 0) is 43.7 Å². The van der Waals surface area contributed by atoms with Crippen molar-refractivity contribution in [3.05, 3.63) is 35.4 Å². The average Bonchev–Trinajstić information content (AvgIpc) is 2.59. The predicted molar refractivity (Wildman–Crippen MR) is 96.8 cm³/mol. The molecule has 0 spiro atoms. The van der Waals surface area contributed by atoms with Crippen LogP contribution in [0.5, 0.6) is 0 Å². The number of aryl methyl sites for hydroxylation is 2. The zero-order valence-electron chi connectivity index (χ0n) is 15.0. The molecule has 1 fully saturated rings. The minimum atomic E-state index is 0.119. The minimum absolute atomic E-state index is 0.119. The summed E-state index contributed by atoms with van der Waals surface area (Å²) in [6.07, 6.45) is 5.73. The van der Waals surface area contributed by atoms with Gasteiger partial charge in [-0.25, -0.2) is 0 Å². The van der Waals surface area contributed by atoms with Crippen LogP contribution in [0, 0.1) is 6.92 Å². The number of nitrogens with one attached hydrogen (secondary N) is 1. The van der Waals surface area contributed by atoms with Crippen LogP contribution in [0.4, 0.5) is 0 Å². The third-order valence-electron chi connectivity index (χ3n) is 4.84. The second kappa shape index (κ2) is 9.45. The summed E-state index contributed by atoms with van der Waals surface area (Å²) in [5, 5.41) is 3.13. The van der Waals surface area contributed by atoms with Crippen molar-refractivity contribution in [1.29, 1.82) is 0 Å². The van der Waals surface area contributed by atoms with Gasteiger partial charge in [0.15, 0.2) is 0 Å². The summed E-state index contributed by atoms with van der Waals surface area (Å²) in [5.41, 5.74) is 2.48. The number of unbranched alkanes of at least 4 members (excludes halogenated alkanes) is 1. The molecule has 1 N–H and O–H groups in total. The lowest BCUT2D eigenvalue weighted by molar-refractivity contribution is -0.132. The van der Waals surface area contributed by atoms with Gasteiger partial charge in [0.1, 0.15) is 0 Å². The molecule has 4 heteroatoms. The molecule has 1 aliphatic rings. The number of piperidine rings is 1. The van der Waals surface area contributed by atoms with Crippen molar-refractivity contribution in [2.45, 2.75) is 64.8 Å². The molecule has 2 amide bonds. The Balaban J connectivity index is 1.69. The number of hydrogen-bond acceptors (Lipinski definition) is 2. The molecule has 0 saturated carbocycles. The zero-order chi connectivity index (χ0) is 17.4. The maximum Gasteiger partial charge on any atom is 0.222 e. The number of nitrogens with zero attached hydrogens (tertiary/aromatic N) is 1. The summed E-state index contributed by atoms with van der Waals surface area (Å²) in [6.45, 7) is 5.72. The lowest BCUT2D eigenvalue weighted by atomic mass is 10.0. The smallest absolute Gasteiger partial charge is 0.222 e. The lowest BCUT2D eigenvalue weighted by Gasteiger charge is -2.32. The van der Waals surface area contributed by atoms with Gasteiger partial charge in [0.05, 0.1) is 0 Å². The number of amides is 2. The van der Waals surface area contributed by atoms with E-state index in [1.165, 1.54) is 11.1 Å². The van der Waals surface area contributed by atoms with Crippen molar-refractivity contribution >= 4 is 11.8 Å². The summed E-state index contributed by atoms with van der Waals surface area (Å²) in [7, 11) is 0. The van der Waals surface area contributed by atoms with Crippen LogP contribution < -0.4 is 5.32 Å². The molecule has 24 heavy (non-hydrogen) atoms. The number of hydrogen-bond donors (Lipinski definition) is 1. The Kier molecular flexibility index (Phi) is 7.29. The van der Waals surface area contributed by atoms with E-state index in [4.69, 9.17) is 0 Å². The van der Waals surface area contributed by atoms with E-state index in [1.54, 1.807) is 0 Å². The normalized spacial score (nSPS) is 15.3. The molecule has 1 aromatic rings. The fourth-order valence-corrected chi connectivity index (χ4v) is 3.20. The first-order valence-corrected chi connectivity index (χ1v) is 9.21. The number of rotatable bonds is 7. The fraction of sp³-hybridized carbons (Fsp3) is 0.600. The standard InChI is InChI=1S/C20H30N2O2/c1-3-4-9-20(24)22-14-12-18(13-15-22)21-19(23)11-10-17-8-6-5-7-16(17)2/h5-8,18H,3-4,9-15H2,1-2H3,(H,21,23). The summed E-state index contributed by atoms with van der Waals surface area (Å²) in [5.74, 6) is 0.384. The van der Waals surface area contributed by atoms with Crippen molar-refractivity contribution in [3.8, 4) is 0 Å². The maximum atomic E-state index is 12.2. The van der Waals surface area contributed by atoms with Gasteiger partial charge in [0.25, 0.3) is 0 Å². The lowest BCUT2D eigenvalue weighted by Crippen LogP contribution is -2.46. The largest absolute Gasteiger partial charge is 0.353 e. The third-order valence-corrected chi connectivity index (χ3v) is 4.84. The Morgan fingerprint density at radius 1 is 1.17 bits per heavy atom. The minimum Gasteiger partial charge on any atom is -0.353 e. The molecule has 1 aromatic carbocycles. The highest BCUT2D eigenvalue weighted by Gasteiger charge is 2.23. The van der Waals surface area contributed by atoms with Crippen LogP contribution in [0.15, 0.2) is 24.3 Å². The van der Waals surface area contributed by atoms with Crippen LogP contribution >= 0.6 is 0 Å². The summed E-state index contributed by atoms with van der Waals surface area (Å²) >= 11 is 0. The zero-order valence-corrected chi connectivity index (χ0v) is 15.0. The van der Waals surface area contributed by atoms with E-state index >= 15 is 0 Å². The van der Waals surface area contributed by atoms with E-state index in [9.17, 15) is 9.59 Å². The molecule has 1 heterocycles. The van der Waals surface area contributed by atoms with Crippen LogP contribution in [0.25, 0.3) is 0 Å². The highest BCUT2D eigenvalue weighted by atomic mass is 16.2. The van der Waals surface area contributed by atoms with E-state index < -0.39 is 0 Å². The molecule has 2 rings (SSSR count). The van der Waals surface area contributed by atoms with Crippen LogP contribution in [0.3, 0.4) is 0 Å². The van der Waals surface area contributed by atoms with Crippen molar-refractivity contribution < 1.29 is 9.59 Å². The van der Waals surface area contributed by atoms with Gasteiger partial charge in [-0.1, -0.05) is 37.6 Å². The molecule has 0 unspecified atom stereocenters.